The van der Waals surface area contributed by atoms with Crippen LogP contribution in [0, 0.1) is 6.92 Å². The highest BCUT2D eigenvalue weighted by Gasteiger charge is 2.26. The van der Waals surface area contributed by atoms with Gasteiger partial charge in [-0.2, -0.15) is 18.2 Å². The number of nitrogens with zero attached hydrogens (tertiary/aromatic N) is 3. The Balaban J connectivity index is 1.99. The van der Waals surface area contributed by atoms with E-state index in [-0.39, 0.29) is 18.3 Å². The fourth-order valence-electron chi connectivity index (χ4n) is 1.40. The van der Waals surface area contributed by atoms with Crippen LogP contribution in [0.5, 0.6) is 0 Å². The summed E-state index contributed by atoms with van der Waals surface area (Å²) in [7, 11) is 0. The van der Waals surface area contributed by atoms with E-state index in [1.54, 1.807) is 12.3 Å². The quantitative estimate of drug-likeness (QED) is 0.923. The fourth-order valence-corrected chi connectivity index (χ4v) is 1.40. The van der Waals surface area contributed by atoms with Gasteiger partial charge >= 0.3 is 6.18 Å². The lowest BCUT2D eigenvalue weighted by molar-refractivity contribution is -0.125. The highest BCUT2D eigenvalue weighted by atomic mass is 19.4. The standard InChI is InChI=1S/C11H11F3N4O/c1-7-2-3-16-8(4-7)10-17-9(19-18-10)5-15-6-11(12,13)14/h2-4,15H,5-6H2,1H3. The van der Waals surface area contributed by atoms with Crippen LogP contribution in [0.25, 0.3) is 11.5 Å². The number of pyridine rings is 1. The molecule has 2 aromatic rings. The Morgan fingerprint density at radius 3 is 2.84 bits per heavy atom. The Morgan fingerprint density at radius 2 is 2.16 bits per heavy atom. The summed E-state index contributed by atoms with van der Waals surface area (Å²) in [6.45, 7) is 0.642. The topological polar surface area (TPSA) is 63.8 Å². The number of rotatable bonds is 4. The minimum atomic E-state index is -4.26. The molecule has 0 aliphatic carbocycles. The number of aromatic nitrogens is 3. The van der Waals surface area contributed by atoms with Gasteiger partial charge in [-0.1, -0.05) is 5.16 Å². The van der Waals surface area contributed by atoms with Crippen LogP contribution >= 0.6 is 0 Å². The number of aryl methyl sites for hydroxylation is 1. The van der Waals surface area contributed by atoms with Crippen molar-refractivity contribution in [3.8, 4) is 11.5 Å². The smallest absolute Gasteiger partial charge is 0.337 e. The van der Waals surface area contributed by atoms with Crippen molar-refractivity contribution >= 4 is 0 Å². The number of alkyl halides is 3. The van der Waals surface area contributed by atoms with Gasteiger partial charge in [0.15, 0.2) is 0 Å². The number of nitrogens with one attached hydrogen (secondary N) is 1. The summed E-state index contributed by atoms with van der Waals surface area (Å²) >= 11 is 0. The average molecular weight is 272 g/mol. The number of hydrogen-bond donors (Lipinski definition) is 1. The minimum Gasteiger partial charge on any atom is -0.337 e. The van der Waals surface area contributed by atoms with E-state index in [0.717, 1.165) is 5.56 Å². The molecule has 2 rings (SSSR count). The third-order valence-electron chi connectivity index (χ3n) is 2.21. The third-order valence-corrected chi connectivity index (χ3v) is 2.21. The maximum absolute atomic E-state index is 11.9. The zero-order valence-electron chi connectivity index (χ0n) is 10.0. The summed E-state index contributed by atoms with van der Waals surface area (Å²) < 4.78 is 40.6. The van der Waals surface area contributed by atoms with E-state index in [1.807, 2.05) is 13.0 Å². The normalized spacial score (nSPS) is 11.8. The SMILES string of the molecule is Cc1ccnc(-c2noc(CNCC(F)(F)F)n2)c1. The predicted octanol–water partition coefficient (Wildman–Crippen LogP) is 2.09. The van der Waals surface area contributed by atoms with Crippen LogP contribution in [-0.2, 0) is 6.54 Å². The molecule has 0 saturated carbocycles. The molecule has 0 spiro atoms. The van der Waals surface area contributed by atoms with E-state index >= 15 is 0 Å². The van der Waals surface area contributed by atoms with Gasteiger partial charge in [-0.15, -0.1) is 0 Å². The first-order valence-corrected chi connectivity index (χ1v) is 5.47. The second-order valence-electron chi connectivity index (χ2n) is 3.95. The Labute approximate surface area is 106 Å². The molecule has 2 aromatic heterocycles. The minimum absolute atomic E-state index is 0.0857. The Hall–Kier alpha value is -1.96. The van der Waals surface area contributed by atoms with Crippen LogP contribution < -0.4 is 5.32 Å². The van der Waals surface area contributed by atoms with Gasteiger partial charge in [-0.3, -0.25) is 4.98 Å². The molecule has 8 heteroatoms. The molecular weight excluding hydrogens is 261 g/mol. The highest BCUT2D eigenvalue weighted by Crippen LogP contribution is 2.15. The molecule has 2 heterocycles. The van der Waals surface area contributed by atoms with Gasteiger partial charge in [0.05, 0.1) is 13.1 Å². The van der Waals surface area contributed by atoms with Crippen molar-refractivity contribution in [3.05, 3.63) is 29.8 Å². The lowest BCUT2D eigenvalue weighted by Gasteiger charge is -2.05. The van der Waals surface area contributed by atoms with Gasteiger partial charge in [-0.25, -0.2) is 0 Å². The summed E-state index contributed by atoms with van der Waals surface area (Å²) in [5, 5.41) is 5.85. The summed E-state index contributed by atoms with van der Waals surface area (Å²) in [6.07, 6.45) is -2.66. The van der Waals surface area contributed by atoms with Crippen molar-refractivity contribution in [2.45, 2.75) is 19.6 Å². The monoisotopic (exact) mass is 272 g/mol. The molecule has 0 unspecified atom stereocenters. The molecule has 102 valence electrons. The van der Waals surface area contributed by atoms with Crippen LogP contribution in [0.1, 0.15) is 11.5 Å². The fraction of sp³-hybridized carbons (Fsp3) is 0.364. The van der Waals surface area contributed by atoms with E-state index < -0.39 is 12.7 Å². The van der Waals surface area contributed by atoms with Crippen LogP contribution in [-0.4, -0.2) is 27.8 Å². The zero-order chi connectivity index (χ0) is 13.9. The van der Waals surface area contributed by atoms with E-state index in [4.69, 9.17) is 4.52 Å². The zero-order valence-corrected chi connectivity index (χ0v) is 10.0. The summed E-state index contributed by atoms with van der Waals surface area (Å²) in [5.74, 6) is 0.343. The third kappa shape index (κ3) is 4.02. The first-order chi connectivity index (χ1) is 8.94. The highest BCUT2D eigenvalue weighted by molar-refractivity contribution is 5.48. The van der Waals surface area contributed by atoms with E-state index in [0.29, 0.717) is 5.69 Å². The average Bonchev–Trinajstić information content (AvgIpc) is 2.76. The predicted molar refractivity (Wildman–Crippen MR) is 60.0 cm³/mol. The molecule has 0 aromatic carbocycles. The molecular formula is C11H11F3N4O. The molecule has 0 aliphatic heterocycles. The molecule has 0 amide bonds. The second-order valence-corrected chi connectivity index (χ2v) is 3.95. The maximum Gasteiger partial charge on any atom is 0.401 e. The van der Waals surface area contributed by atoms with Crippen molar-refractivity contribution in [1.82, 2.24) is 20.4 Å². The molecule has 19 heavy (non-hydrogen) atoms. The molecule has 0 saturated heterocycles. The van der Waals surface area contributed by atoms with Crippen molar-refractivity contribution in [1.29, 1.82) is 0 Å². The van der Waals surface area contributed by atoms with Crippen LogP contribution in [0.2, 0.25) is 0 Å². The molecule has 1 N–H and O–H groups in total. The molecule has 0 atom stereocenters. The lowest BCUT2D eigenvalue weighted by atomic mass is 10.2. The number of hydrogen-bond acceptors (Lipinski definition) is 5. The molecule has 0 fully saturated rings. The Morgan fingerprint density at radius 1 is 1.37 bits per heavy atom. The first-order valence-electron chi connectivity index (χ1n) is 5.47. The van der Waals surface area contributed by atoms with Gasteiger partial charge in [0.2, 0.25) is 11.7 Å². The molecule has 0 aliphatic rings. The van der Waals surface area contributed by atoms with Crippen LogP contribution in [0.4, 0.5) is 13.2 Å². The van der Waals surface area contributed by atoms with Crippen molar-refractivity contribution in [3.63, 3.8) is 0 Å². The van der Waals surface area contributed by atoms with Crippen LogP contribution in [0.15, 0.2) is 22.9 Å². The molecule has 0 radical (unpaired) electrons. The van der Waals surface area contributed by atoms with Crippen molar-refractivity contribution < 1.29 is 17.7 Å². The van der Waals surface area contributed by atoms with Gasteiger partial charge < -0.3 is 9.84 Å². The molecule has 0 bridgehead atoms. The van der Waals surface area contributed by atoms with Gasteiger partial charge in [0.25, 0.3) is 0 Å². The van der Waals surface area contributed by atoms with Crippen molar-refractivity contribution in [2.24, 2.45) is 0 Å². The maximum atomic E-state index is 11.9. The summed E-state index contributed by atoms with van der Waals surface area (Å²) in [6, 6.07) is 3.58. The second kappa shape index (κ2) is 5.35. The van der Waals surface area contributed by atoms with Crippen molar-refractivity contribution in [2.75, 3.05) is 6.54 Å². The largest absolute Gasteiger partial charge is 0.401 e. The van der Waals surface area contributed by atoms with Gasteiger partial charge in [-0.05, 0) is 24.6 Å². The van der Waals surface area contributed by atoms with E-state index in [1.165, 1.54) is 0 Å². The van der Waals surface area contributed by atoms with E-state index in [2.05, 4.69) is 20.4 Å². The first kappa shape index (κ1) is 13.5. The summed E-state index contributed by atoms with van der Waals surface area (Å²) in [5.41, 5.74) is 1.50. The number of halogens is 3. The Kier molecular flexibility index (Phi) is 3.79. The summed E-state index contributed by atoms with van der Waals surface area (Å²) in [4.78, 5) is 8.03. The molecule has 5 nitrogen and oxygen atoms in total. The lowest BCUT2D eigenvalue weighted by Crippen LogP contribution is -2.28. The van der Waals surface area contributed by atoms with Gasteiger partial charge in [0, 0.05) is 6.20 Å². The van der Waals surface area contributed by atoms with E-state index in [9.17, 15) is 13.2 Å². The van der Waals surface area contributed by atoms with Gasteiger partial charge in [0.1, 0.15) is 5.69 Å². The Bertz CT molecular complexity index is 553. The van der Waals surface area contributed by atoms with Crippen LogP contribution in [0.3, 0.4) is 0 Å².